The molecule has 3 rings (SSSR count). The highest BCUT2D eigenvalue weighted by molar-refractivity contribution is 5.75. The van der Waals surface area contributed by atoms with E-state index in [4.69, 9.17) is 10.00 Å². The van der Waals surface area contributed by atoms with Crippen molar-refractivity contribution in [3.05, 3.63) is 65.2 Å². The molecule has 0 aromatic heterocycles. The highest BCUT2D eigenvalue weighted by Crippen LogP contribution is 2.33. The number of esters is 1. The maximum absolute atomic E-state index is 12.9. The van der Waals surface area contributed by atoms with Gasteiger partial charge in [0.05, 0.1) is 17.6 Å². The number of para-hydroxylation sites is 1. The third kappa shape index (κ3) is 9.52. The van der Waals surface area contributed by atoms with E-state index < -0.39 is 0 Å². The van der Waals surface area contributed by atoms with E-state index >= 15 is 0 Å². The molecule has 1 fully saturated rings. The predicted octanol–water partition coefficient (Wildman–Crippen LogP) is 8.59. The lowest BCUT2D eigenvalue weighted by atomic mass is 9.79. The number of rotatable bonds is 14. The number of aryl methyl sites for hydroxylation is 2. The number of ether oxygens (including phenoxy) is 1. The largest absolute Gasteiger partial charge is 0.426 e. The molecule has 0 spiro atoms. The van der Waals surface area contributed by atoms with Gasteiger partial charge in [-0.2, -0.15) is 5.26 Å². The summed E-state index contributed by atoms with van der Waals surface area (Å²) < 4.78 is 5.92. The Kier molecular flexibility index (Phi) is 11.9. The number of hydrogen-bond donors (Lipinski definition) is 0. The van der Waals surface area contributed by atoms with Gasteiger partial charge < -0.3 is 4.74 Å². The molecule has 1 aliphatic rings. The lowest BCUT2D eigenvalue weighted by Crippen LogP contribution is -2.26. The first-order valence-electron chi connectivity index (χ1n) is 14.0. The van der Waals surface area contributed by atoms with Crippen LogP contribution >= 0.6 is 0 Å². The highest BCUT2D eigenvalue weighted by Gasteiger charge is 2.28. The second-order valence-electron chi connectivity index (χ2n) is 10.3. The molecule has 2 aromatic carbocycles. The predicted molar refractivity (Wildman–Crippen MR) is 143 cm³/mol. The number of carbonyl (C=O) groups is 1. The molecule has 0 aliphatic heterocycles. The maximum atomic E-state index is 12.9. The molecule has 0 unspecified atom stereocenters. The van der Waals surface area contributed by atoms with Crippen molar-refractivity contribution in [1.29, 1.82) is 5.26 Å². The van der Waals surface area contributed by atoms with Gasteiger partial charge in [0.15, 0.2) is 0 Å². The van der Waals surface area contributed by atoms with E-state index in [0.717, 1.165) is 50.0 Å². The molecule has 0 saturated heterocycles. The fraction of sp³-hybridized carbons (Fsp3) is 0.562. The molecule has 0 bridgehead atoms. The molecule has 2 aromatic rings. The molecule has 35 heavy (non-hydrogen) atoms. The SMILES string of the molecule is CCCCCCCCCCC1CCC(C(=O)Oc2ccccc2CCc2ccc(C#N)cc2)CC1. The third-order valence-corrected chi connectivity index (χ3v) is 7.60. The normalized spacial score (nSPS) is 17.6. The maximum Gasteiger partial charge on any atom is 0.314 e. The Morgan fingerprint density at radius 1 is 0.857 bits per heavy atom. The van der Waals surface area contributed by atoms with Gasteiger partial charge in [-0.25, -0.2) is 0 Å². The Labute approximate surface area is 212 Å². The second-order valence-corrected chi connectivity index (χ2v) is 10.3. The second kappa shape index (κ2) is 15.4. The lowest BCUT2D eigenvalue weighted by Gasteiger charge is -2.27. The number of nitriles is 1. The third-order valence-electron chi connectivity index (χ3n) is 7.60. The Bertz CT molecular complexity index is 919. The smallest absolute Gasteiger partial charge is 0.314 e. The summed E-state index contributed by atoms with van der Waals surface area (Å²) in [4.78, 5) is 12.9. The van der Waals surface area contributed by atoms with Gasteiger partial charge in [-0.1, -0.05) is 95.0 Å². The van der Waals surface area contributed by atoms with Crippen molar-refractivity contribution < 1.29 is 9.53 Å². The summed E-state index contributed by atoms with van der Waals surface area (Å²) in [5.74, 6) is 1.48. The molecule has 1 aliphatic carbocycles. The summed E-state index contributed by atoms with van der Waals surface area (Å²) in [7, 11) is 0. The van der Waals surface area contributed by atoms with Gasteiger partial charge in [0.1, 0.15) is 5.75 Å². The van der Waals surface area contributed by atoms with Gasteiger partial charge in [0.25, 0.3) is 0 Å². The van der Waals surface area contributed by atoms with E-state index in [1.54, 1.807) is 0 Å². The standard InChI is InChI=1S/C32H43NO2/c1-2-3-4-5-6-7-8-9-12-26-20-23-30(24-21-26)32(34)35-31-14-11-10-13-29(31)22-19-27-15-17-28(25-33)18-16-27/h10-11,13-18,26,30H,2-9,12,19-24H2,1H3. The van der Waals surface area contributed by atoms with Crippen LogP contribution in [0.15, 0.2) is 48.5 Å². The van der Waals surface area contributed by atoms with Crippen LogP contribution in [0.1, 0.15) is 107 Å². The fourth-order valence-corrected chi connectivity index (χ4v) is 5.28. The van der Waals surface area contributed by atoms with Gasteiger partial charge in [-0.05, 0) is 73.8 Å². The number of benzene rings is 2. The van der Waals surface area contributed by atoms with E-state index in [-0.39, 0.29) is 11.9 Å². The molecule has 3 nitrogen and oxygen atoms in total. The van der Waals surface area contributed by atoms with Crippen molar-refractivity contribution in [3.63, 3.8) is 0 Å². The first-order chi connectivity index (χ1) is 17.2. The van der Waals surface area contributed by atoms with E-state index in [0.29, 0.717) is 11.3 Å². The van der Waals surface area contributed by atoms with E-state index in [2.05, 4.69) is 13.0 Å². The van der Waals surface area contributed by atoms with Crippen LogP contribution in [-0.4, -0.2) is 5.97 Å². The van der Waals surface area contributed by atoms with Crippen LogP contribution in [0.4, 0.5) is 0 Å². The number of hydrogen-bond acceptors (Lipinski definition) is 3. The summed E-state index contributed by atoms with van der Waals surface area (Å²) in [5.41, 5.74) is 2.92. The quantitative estimate of drug-likeness (QED) is 0.157. The van der Waals surface area contributed by atoms with Crippen LogP contribution in [0.2, 0.25) is 0 Å². The van der Waals surface area contributed by atoms with Crippen LogP contribution < -0.4 is 4.74 Å². The van der Waals surface area contributed by atoms with E-state index in [1.165, 1.54) is 63.4 Å². The molecular weight excluding hydrogens is 430 g/mol. The monoisotopic (exact) mass is 473 g/mol. The summed E-state index contributed by atoms with van der Waals surface area (Å²) in [5, 5.41) is 8.97. The minimum absolute atomic E-state index is 0.0383. The van der Waals surface area contributed by atoms with Crippen molar-refractivity contribution in [3.8, 4) is 11.8 Å². The zero-order valence-electron chi connectivity index (χ0n) is 21.6. The molecule has 1 saturated carbocycles. The molecule has 0 atom stereocenters. The zero-order chi connectivity index (χ0) is 24.7. The summed E-state index contributed by atoms with van der Waals surface area (Å²) in [6, 6.07) is 17.8. The Morgan fingerprint density at radius 3 is 2.20 bits per heavy atom. The molecule has 0 radical (unpaired) electrons. The van der Waals surface area contributed by atoms with Crippen molar-refractivity contribution in [2.45, 2.75) is 103 Å². The molecule has 0 heterocycles. The molecule has 188 valence electrons. The molecular formula is C32H43NO2. The number of carbonyl (C=O) groups excluding carboxylic acids is 1. The summed E-state index contributed by atoms with van der Waals surface area (Å²) in [6.07, 6.45) is 18.3. The van der Waals surface area contributed by atoms with Gasteiger partial charge >= 0.3 is 5.97 Å². The van der Waals surface area contributed by atoms with Crippen molar-refractivity contribution in [1.82, 2.24) is 0 Å². The van der Waals surface area contributed by atoms with Crippen LogP contribution in [0, 0.1) is 23.2 Å². The summed E-state index contributed by atoms with van der Waals surface area (Å²) >= 11 is 0. The highest BCUT2D eigenvalue weighted by atomic mass is 16.5. The Hall–Kier alpha value is -2.60. The van der Waals surface area contributed by atoms with Gasteiger partial charge in [0.2, 0.25) is 0 Å². The van der Waals surface area contributed by atoms with Crippen molar-refractivity contribution >= 4 is 5.97 Å². The molecule has 0 amide bonds. The molecule has 0 N–H and O–H groups in total. The van der Waals surface area contributed by atoms with Crippen LogP contribution in [0.5, 0.6) is 5.75 Å². The topological polar surface area (TPSA) is 50.1 Å². The van der Waals surface area contributed by atoms with Crippen molar-refractivity contribution in [2.24, 2.45) is 11.8 Å². The van der Waals surface area contributed by atoms with E-state index in [1.807, 2.05) is 48.5 Å². The Balaban J connectivity index is 1.37. The van der Waals surface area contributed by atoms with Crippen LogP contribution in [0.3, 0.4) is 0 Å². The van der Waals surface area contributed by atoms with Gasteiger partial charge in [-0.15, -0.1) is 0 Å². The molecule has 3 heteroatoms. The number of nitrogens with zero attached hydrogens (tertiary/aromatic N) is 1. The zero-order valence-corrected chi connectivity index (χ0v) is 21.6. The van der Waals surface area contributed by atoms with Crippen LogP contribution in [-0.2, 0) is 17.6 Å². The minimum atomic E-state index is -0.0543. The van der Waals surface area contributed by atoms with Gasteiger partial charge in [0, 0.05) is 0 Å². The first-order valence-corrected chi connectivity index (χ1v) is 14.0. The summed E-state index contributed by atoms with van der Waals surface area (Å²) in [6.45, 7) is 2.27. The van der Waals surface area contributed by atoms with E-state index in [9.17, 15) is 4.79 Å². The fourth-order valence-electron chi connectivity index (χ4n) is 5.28. The first kappa shape index (κ1) is 27.0. The lowest BCUT2D eigenvalue weighted by molar-refractivity contribution is -0.140. The Morgan fingerprint density at radius 2 is 1.51 bits per heavy atom. The number of unbranched alkanes of at least 4 members (excludes halogenated alkanes) is 7. The van der Waals surface area contributed by atoms with Crippen molar-refractivity contribution in [2.75, 3.05) is 0 Å². The van der Waals surface area contributed by atoms with Gasteiger partial charge in [-0.3, -0.25) is 4.79 Å². The average Bonchev–Trinajstić information content (AvgIpc) is 2.90. The average molecular weight is 474 g/mol. The minimum Gasteiger partial charge on any atom is -0.426 e. The van der Waals surface area contributed by atoms with Crippen LogP contribution in [0.25, 0.3) is 0 Å².